The average molecular weight is 316 g/mol. The van der Waals surface area contributed by atoms with Gasteiger partial charge in [-0.2, -0.15) is 0 Å². The highest BCUT2D eigenvalue weighted by molar-refractivity contribution is 5.91. The fraction of sp³-hybridized carbons (Fsp3) is 0.294. The molecule has 0 spiro atoms. The smallest absolute Gasteiger partial charge is 0.319 e. The van der Waals surface area contributed by atoms with E-state index in [1.807, 2.05) is 44.2 Å². The summed E-state index contributed by atoms with van der Waals surface area (Å²) >= 11 is 0. The molecule has 0 unspecified atom stereocenters. The van der Waals surface area contributed by atoms with Crippen LogP contribution in [0.5, 0.6) is 0 Å². The number of carbonyl (C=O) groups excluding carboxylic acids is 1. The Morgan fingerprint density at radius 1 is 1.17 bits per heavy atom. The molecule has 0 bridgehead atoms. The maximum absolute atomic E-state index is 11.9. The number of hydrogen-bond donors (Lipinski definition) is 3. The van der Waals surface area contributed by atoms with Gasteiger partial charge in [0.1, 0.15) is 11.5 Å². The van der Waals surface area contributed by atoms with Crippen molar-refractivity contribution in [3.63, 3.8) is 0 Å². The lowest BCUT2D eigenvalue weighted by Gasteiger charge is -2.11. The van der Waals surface area contributed by atoms with E-state index < -0.39 is 5.97 Å². The normalized spacial score (nSPS) is 10.3. The van der Waals surface area contributed by atoms with Gasteiger partial charge in [0, 0.05) is 24.2 Å². The van der Waals surface area contributed by atoms with Crippen molar-refractivity contribution in [3.8, 4) is 11.3 Å². The number of urea groups is 1. The second-order valence-corrected chi connectivity index (χ2v) is 5.32. The molecule has 0 saturated heterocycles. The average Bonchev–Trinajstić information content (AvgIpc) is 2.92. The van der Waals surface area contributed by atoms with E-state index in [4.69, 9.17) is 9.52 Å². The van der Waals surface area contributed by atoms with Crippen LogP contribution >= 0.6 is 0 Å². The Hall–Kier alpha value is -2.76. The quantitative estimate of drug-likeness (QED) is 0.711. The summed E-state index contributed by atoms with van der Waals surface area (Å²) in [4.78, 5) is 22.3. The van der Waals surface area contributed by atoms with Crippen molar-refractivity contribution >= 4 is 17.7 Å². The van der Waals surface area contributed by atoms with Crippen molar-refractivity contribution in [3.05, 3.63) is 41.7 Å². The third-order valence-corrected chi connectivity index (χ3v) is 3.36. The van der Waals surface area contributed by atoms with Crippen LogP contribution < -0.4 is 10.6 Å². The Morgan fingerprint density at radius 3 is 2.61 bits per heavy atom. The Balaban J connectivity index is 1.99. The number of carboxylic acid groups (broad SMARTS) is 1. The minimum atomic E-state index is -0.871. The van der Waals surface area contributed by atoms with E-state index in [-0.39, 0.29) is 12.5 Å². The summed E-state index contributed by atoms with van der Waals surface area (Å²) in [6.45, 7) is 4.09. The zero-order valence-electron chi connectivity index (χ0n) is 13.2. The summed E-state index contributed by atoms with van der Waals surface area (Å²) in [6, 6.07) is 9.11. The topological polar surface area (TPSA) is 91.6 Å². The van der Waals surface area contributed by atoms with Crippen LogP contribution in [0, 0.1) is 13.8 Å². The lowest BCUT2D eigenvalue weighted by atomic mass is 10.1. The second kappa shape index (κ2) is 7.49. The van der Waals surface area contributed by atoms with Gasteiger partial charge in [0.2, 0.25) is 0 Å². The Morgan fingerprint density at radius 2 is 1.96 bits per heavy atom. The minimum absolute atomic E-state index is 0.0344. The predicted molar refractivity (Wildman–Crippen MR) is 87.5 cm³/mol. The molecule has 1 aromatic heterocycles. The first-order chi connectivity index (χ1) is 11.0. The number of furan rings is 1. The molecular formula is C17H20N2O4. The van der Waals surface area contributed by atoms with Crippen molar-refractivity contribution in [1.82, 2.24) is 5.32 Å². The second-order valence-electron chi connectivity index (χ2n) is 5.32. The maximum Gasteiger partial charge on any atom is 0.319 e. The molecule has 6 heteroatoms. The molecule has 0 aliphatic rings. The molecule has 0 fully saturated rings. The molecule has 0 radical (unpaired) electrons. The van der Waals surface area contributed by atoms with E-state index in [1.165, 1.54) is 0 Å². The van der Waals surface area contributed by atoms with Crippen molar-refractivity contribution in [1.29, 1.82) is 0 Å². The van der Waals surface area contributed by atoms with E-state index in [2.05, 4.69) is 10.6 Å². The first kappa shape index (κ1) is 16.6. The van der Waals surface area contributed by atoms with Gasteiger partial charge in [0.05, 0.1) is 0 Å². The van der Waals surface area contributed by atoms with Crippen LogP contribution in [0.2, 0.25) is 0 Å². The van der Waals surface area contributed by atoms with Gasteiger partial charge >= 0.3 is 12.0 Å². The van der Waals surface area contributed by atoms with Crippen LogP contribution in [0.25, 0.3) is 11.3 Å². The summed E-state index contributed by atoms with van der Waals surface area (Å²) in [6.07, 6.45) is 0.431. The SMILES string of the molecule is Cc1ccc(-c2ccc(C)c(NC(=O)NCCCC(=O)O)c2)o1. The zero-order valence-corrected chi connectivity index (χ0v) is 13.2. The molecule has 0 aliphatic carbocycles. The van der Waals surface area contributed by atoms with E-state index in [1.54, 1.807) is 0 Å². The molecule has 0 atom stereocenters. The van der Waals surface area contributed by atoms with E-state index >= 15 is 0 Å². The number of anilines is 1. The van der Waals surface area contributed by atoms with Crippen molar-refractivity contribution < 1.29 is 19.1 Å². The Bertz CT molecular complexity index is 706. The number of carbonyl (C=O) groups is 2. The maximum atomic E-state index is 11.9. The molecule has 6 nitrogen and oxygen atoms in total. The molecule has 23 heavy (non-hydrogen) atoms. The molecule has 1 heterocycles. The predicted octanol–water partition coefficient (Wildman–Crippen LogP) is 3.55. The number of hydrogen-bond acceptors (Lipinski definition) is 3. The molecular weight excluding hydrogens is 296 g/mol. The van der Waals surface area contributed by atoms with Gasteiger partial charge in [-0.25, -0.2) is 4.79 Å². The standard InChI is InChI=1S/C17H20N2O4/c1-11-5-7-13(15-8-6-12(2)23-15)10-14(11)19-17(22)18-9-3-4-16(20)21/h5-8,10H,3-4,9H2,1-2H3,(H,20,21)(H2,18,19,22). The lowest BCUT2D eigenvalue weighted by molar-refractivity contribution is -0.137. The Labute approximate surface area is 134 Å². The fourth-order valence-electron chi connectivity index (χ4n) is 2.11. The van der Waals surface area contributed by atoms with E-state index in [0.29, 0.717) is 18.7 Å². The molecule has 0 saturated carbocycles. The van der Waals surface area contributed by atoms with E-state index in [9.17, 15) is 9.59 Å². The van der Waals surface area contributed by atoms with Gasteiger partial charge in [-0.1, -0.05) is 12.1 Å². The minimum Gasteiger partial charge on any atom is -0.481 e. The fourth-order valence-corrected chi connectivity index (χ4v) is 2.11. The third-order valence-electron chi connectivity index (χ3n) is 3.36. The highest BCUT2D eigenvalue weighted by Gasteiger charge is 2.08. The summed E-state index contributed by atoms with van der Waals surface area (Å²) in [5, 5.41) is 14.0. The largest absolute Gasteiger partial charge is 0.481 e. The van der Waals surface area contributed by atoms with Crippen molar-refractivity contribution in [2.45, 2.75) is 26.7 Å². The zero-order chi connectivity index (χ0) is 16.8. The molecule has 2 rings (SSSR count). The number of rotatable bonds is 6. The number of carboxylic acids is 1. The summed E-state index contributed by atoms with van der Waals surface area (Å²) in [5.74, 6) is 0.697. The molecule has 0 aliphatic heterocycles. The van der Waals surface area contributed by atoms with Gasteiger partial charge in [0.15, 0.2) is 0 Å². The van der Waals surface area contributed by atoms with Gasteiger partial charge in [0.25, 0.3) is 0 Å². The molecule has 122 valence electrons. The lowest BCUT2D eigenvalue weighted by Crippen LogP contribution is -2.30. The summed E-state index contributed by atoms with van der Waals surface area (Å²) in [7, 11) is 0. The molecule has 3 N–H and O–H groups in total. The number of aliphatic carboxylic acids is 1. The number of nitrogens with one attached hydrogen (secondary N) is 2. The molecule has 2 aromatic rings. The van der Waals surface area contributed by atoms with Crippen LogP contribution in [0.4, 0.5) is 10.5 Å². The molecule has 1 aromatic carbocycles. The highest BCUT2D eigenvalue weighted by atomic mass is 16.4. The third kappa shape index (κ3) is 4.88. The first-order valence-corrected chi connectivity index (χ1v) is 7.40. The van der Waals surface area contributed by atoms with Crippen LogP contribution in [-0.2, 0) is 4.79 Å². The Kier molecular flexibility index (Phi) is 5.41. The number of aryl methyl sites for hydroxylation is 2. The summed E-state index contributed by atoms with van der Waals surface area (Å²) in [5.41, 5.74) is 2.50. The van der Waals surface area contributed by atoms with Crippen molar-refractivity contribution in [2.24, 2.45) is 0 Å². The van der Waals surface area contributed by atoms with Crippen LogP contribution in [0.3, 0.4) is 0 Å². The molecule has 2 amide bonds. The summed E-state index contributed by atoms with van der Waals surface area (Å²) < 4.78 is 5.59. The van der Waals surface area contributed by atoms with Gasteiger partial charge < -0.3 is 20.2 Å². The van der Waals surface area contributed by atoms with Gasteiger partial charge in [-0.15, -0.1) is 0 Å². The first-order valence-electron chi connectivity index (χ1n) is 7.40. The van der Waals surface area contributed by atoms with Crippen molar-refractivity contribution in [2.75, 3.05) is 11.9 Å². The highest BCUT2D eigenvalue weighted by Crippen LogP contribution is 2.26. The van der Waals surface area contributed by atoms with E-state index in [0.717, 1.165) is 22.6 Å². The van der Waals surface area contributed by atoms with Crippen LogP contribution in [0.15, 0.2) is 34.7 Å². The van der Waals surface area contributed by atoms with Gasteiger partial charge in [-0.05, 0) is 44.0 Å². The van der Waals surface area contributed by atoms with Gasteiger partial charge in [-0.3, -0.25) is 4.79 Å². The number of benzene rings is 1. The van der Waals surface area contributed by atoms with Crippen LogP contribution in [-0.4, -0.2) is 23.7 Å². The van der Waals surface area contributed by atoms with Crippen LogP contribution in [0.1, 0.15) is 24.2 Å². The monoisotopic (exact) mass is 316 g/mol. The number of amides is 2.